The predicted octanol–water partition coefficient (Wildman–Crippen LogP) is 5.09. The van der Waals surface area contributed by atoms with Gasteiger partial charge < -0.3 is 5.32 Å². The molecule has 3 aromatic rings. The molecule has 6 heteroatoms. The number of nitrogens with one attached hydrogen (secondary N) is 1. The largest absolute Gasteiger partial charge is 0.321 e. The van der Waals surface area contributed by atoms with E-state index in [0.29, 0.717) is 16.4 Å². The smallest absolute Gasteiger partial charge is 0.275 e. The molecule has 0 radical (unpaired) electrons. The number of carbonyl (C=O) groups excluding carboxylic acids is 1. The zero-order chi connectivity index (χ0) is 14.8. The van der Waals surface area contributed by atoms with Crippen molar-refractivity contribution in [2.24, 2.45) is 0 Å². The van der Waals surface area contributed by atoms with Crippen molar-refractivity contribution in [1.82, 2.24) is 4.98 Å². The van der Waals surface area contributed by atoms with Gasteiger partial charge in [-0.15, -0.1) is 22.7 Å². The van der Waals surface area contributed by atoms with Crippen LogP contribution in [-0.4, -0.2) is 10.9 Å². The van der Waals surface area contributed by atoms with E-state index < -0.39 is 0 Å². The number of aryl methyl sites for hydroxylation is 1. The van der Waals surface area contributed by atoms with Gasteiger partial charge in [0.05, 0.1) is 4.88 Å². The van der Waals surface area contributed by atoms with Gasteiger partial charge >= 0.3 is 0 Å². The Labute approximate surface area is 135 Å². The molecule has 3 rings (SSSR count). The number of aromatic nitrogens is 1. The summed E-state index contributed by atoms with van der Waals surface area (Å²) in [7, 11) is 0. The van der Waals surface area contributed by atoms with Gasteiger partial charge in [-0.3, -0.25) is 4.79 Å². The van der Waals surface area contributed by atoms with Crippen LogP contribution in [0.3, 0.4) is 0 Å². The molecule has 2 heterocycles. The lowest BCUT2D eigenvalue weighted by atomic mass is 10.3. The number of anilines is 1. The maximum atomic E-state index is 12.2. The van der Waals surface area contributed by atoms with E-state index >= 15 is 0 Å². The first-order chi connectivity index (χ1) is 10.1. The molecule has 106 valence electrons. The molecule has 3 nitrogen and oxygen atoms in total. The Bertz CT molecular complexity index is 777. The van der Waals surface area contributed by atoms with E-state index in [0.717, 1.165) is 9.88 Å². The Hall–Kier alpha value is -1.69. The monoisotopic (exact) mass is 334 g/mol. The van der Waals surface area contributed by atoms with E-state index in [1.54, 1.807) is 41.0 Å². The summed E-state index contributed by atoms with van der Waals surface area (Å²) >= 11 is 8.96. The van der Waals surface area contributed by atoms with Crippen molar-refractivity contribution in [3.63, 3.8) is 0 Å². The summed E-state index contributed by atoms with van der Waals surface area (Å²) in [6, 6.07) is 11.1. The van der Waals surface area contributed by atoms with Gasteiger partial charge in [-0.05, 0) is 43.3 Å². The Morgan fingerprint density at radius 2 is 1.95 bits per heavy atom. The zero-order valence-electron chi connectivity index (χ0n) is 11.1. The number of thiazole rings is 1. The molecular formula is C15H11ClN2OS2. The van der Waals surface area contributed by atoms with Crippen molar-refractivity contribution in [1.29, 1.82) is 0 Å². The summed E-state index contributed by atoms with van der Waals surface area (Å²) in [6.45, 7) is 2.05. The Kier molecular flexibility index (Phi) is 4.05. The lowest BCUT2D eigenvalue weighted by molar-refractivity contribution is 0.102. The predicted molar refractivity (Wildman–Crippen MR) is 89.6 cm³/mol. The van der Waals surface area contributed by atoms with E-state index in [-0.39, 0.29) is 5.91 Å². The van der Waals surface area contributed by atoms with Crippen LogP contribution in [0.1, 0.15) is 15.4 Å². The summed E-state index contributed by atoms with van der Waals surface area (Å²) in [5.41, 5.74) is 1.13. The standard InChI is InChI=1S/C15H11ClN2OS2/c1-9-2-7-13(21-9)15-18-12(8-20-15)14(19)17-11-5-3-10(16)4-6-11/h2-8H,1H3,(H,17,19). The van der Waals surface area contributed by atoms with Gasteiger partial charge in [0.1, 0.15) is 10.7 Å². The number of nitrogens with zero attached hydrogens (tertiary/aromatic N) is 1. The van der Waals surface area contributed by atoms with Crippen molar-refractivity contribution < 1.29 is 4.79 Å². The molecular weight excluding hydrogens is 324 g/mol. The van der Waals surface area contributed by atoms with Crippen LogP contribution in [0, 0.1) is 6.92 Å². The summed E-state index contributed by atoms with van der Waals surface area (Å²) in [5, 5.41) is 6.08. The molecule has 0 spiro atoms. The summed E-state index contributed by atoms with van der Waals surface area (Å²) in [6.07, 6.45) is 0. The minimum atomic E-state index is -0.215. The highest BCUT2D eigenvalue weighted by Crippen LogP contribution is 2.30. The van der Waals surface area contributed by atoms with Gasteiger partial charge in [-0.1, -0.05) is 11.6 Å². The Morgan fingerprint density at radius 1 is 1.19 bits per heavy atom. The van der Waals surface area contributed by atoms with Crippen LogP contribution in [0.2, 0.25) is 5.02 Å². The molecule has 0 aliphatic carbocycles. The second-order valence-electron chi connectivity index (χ2n) is 4.41. The van der Waals surface area contributed by atoms with Gasteiger partial charge in [0.2, 0.25) is 0 Å². The third-order valence-electron chi connectivity index (χ3n) is 2.79. The molecule has 0 atom stereocenters. The molecule has 0 aliphatic rings. The Balaban J connectivity index is 1.76. The average molecular weight is 335 g/mol. The van der Waals surface area contributed by atoms with E-state index in [2.05, 4.69) is 23.3 Å². The Morgan fingerprint density at radius 3 is 2.62 bits per heavy atom. The fourth-order valence-electron chi connectivity index (χ4n) is 1.77. The number of carbonyl (C=O) groups is 1. The van der Waals surface area contributed by atoms with Crippen LogP contribution < -0.4 is 5.32 Å². The lowest BCUT2D eigenvalue weighted by Gasteiger charge is -2.02. The molecule has 0 saturated carbocycles. The zero-order valence-corrected chi connectivity index (χ0v) is 13.5. The third kappa shape index (κ3) is 3.32. The maximum absolute atomic E-state index is 12.2. The SMILES string of the molecule is Cc1ccc(-c2nc(C(=O)Nc3ccc(Cl)cc3)cs2)s1. The molecule has 0 bridgehead atoms. The average Bonchev–Trinajstić information content (AvgIpc) is 3.10. The highest BCUT2D eigenvalue weighted by Gasteiger charge is 2.13. The maximum Gasteiger partial charge on any atom is 0.275 e. The first kappa shape index (κ1) is 14.3. The number of thiophene rings is 1. The van der Waals surface area contributed by atoms with Crippen molar-refractivity contribution in [3.8, 4) is 9.88 Å². The van der Waals surface area contributed by atoms with Crippen LogP contribution in [0.5, 0.6) is 0 Å². The van der Waals surface area contributed by atoms with Crippen LogP contribution >= 0.6 is 34.3 Å². The topological polar surface area (TPSA) is 42.0 Å². The van der Waals surface area contributed by atoms with E-state index in [1.807, 2.05) is 6.07 Å². The minimum Gasteiger partial charge on any atom is -0.321 e. The van der Waals surface area contributed by atoms with Gasteiger partial charge in [-0.25, -0.2) is 4.98 Å². The summed E-state index contributed by atoms with van der Waals surface area (Å²) < 4.78 is 0. The third-order valence-corrected chi connectivity index (χ3v) is 5.05. The van der Waals surface area contributed by atoms with Crippen molar-refractivity contribution in [2.45, 2.75) is 6.92 Å². The normalized spacial score (nSPS) is 10.6. The summed E-state index contributed by atoms with van der Waals surface area (Å²) in [5.74, 6) is -0.215. The second kappa shape index (κ2) is 5.97. The number of amides is 1. The van der Waals surface area contributed by atoms with Crippen molar-refractivity contribution in [3.05, 3.63) is 57.4 Å². The van der Waals surface area contributed by atoms with Crippen LogP contribution in [-0.2, 0) is 0 Å². The number of benzene rings is 1. The summed E-state index contributed by atoms with van der Waals surface area (Å²) in [4.78, 5) is 18.9. The molecule has 2 aromatic heterocycles. The van der Waals surface area contributed by atoms with Gasteiger partial charge in [0, 0.05) is 21.0 Å². The van der Waals surface area contributed by atoms with E-state index in [4.69, 9.17) is 11.6 Å². The first-order valence-corrected chi connectivity index (χ1v) is 8.28. The second-order valence-corrected chi connectivity index (χ2v) is 6.99. The van der Waals surface area contributed by atoms with Crippen LogP contribution in [0.4, 0.5) is 5.69 Å². The molecule has 0 aliphatic heterocycles. The highest BCUT2D eigenvalue weighted by molar-refractivity contribution is 7.21. The molecule has 0 fully saturated rings. The fraction of sp³-hybridized carbons (Fsp3) is 0.0667. The van der Waals surface area contributed by atoms with Crippen molar-refractivity contribution >= 4 is 45.9 Å². The lowest BCUT2D eigenvalue weighted by Crippen LogP contribution is -2.12. The molecule has 21 heavy (non-hydrogen) atoms. The minimum absolute atomic E-state index is 0.215. The molecule has 1 N–H and O–H groups in total. The highest BCUT2D eigenvalue weighted by atomic mass is 35.5. The van der Waals surface area contributed by atoms with Gasteiger partial charge in [-0.2, -0.15) is 0 Å². The van der Waals surface area contributed by atoms with Gasteiger partial charge in [0.25, 0.3) is 5.91 Å². The fourth-order valence-corrected chi connectivity index (χ4v) is 3.63. The van der Waals surface area contributed by atoms with Crippen molar-refractivity contribution in [2.75, 3.05) is 5.32 Å². The molecule has 1 amide bonds. The number of rotatable bonds is 3. The molecule has 0 unspecified atom stereocenters. The number of halogens is 1. The molecule has 0 saturated heterocycles. The van der Waals surface area contributed by atoms with E-state index in [9.17, 15) is 4.79 Å². The quantitative estimate of drug-likeness (QED) is 0.725. The number of hydrogen-bond donors (Lipinski definition) is 1. The van der Waals surface area contributed by atoms with E-state index in [1.165, 1.54) is 16.2 Å². The van der Waals surface area contributed by atoms with Gasteiger partial charge in [0.15, 0.2) is 0 Å². The van der Waals surface area contributed by atoms with Crippen LogP contribution in [0.25, 0.3) is 9.88 Å². The number of hydrogen-bond acceptors (Lipinski definition) is 4. The van der Waals surface area contributed by atoms with Crippen LogP contribution in [0.15, 0.2) is 41.8 Å². The molecule has 1 aromatic carbocycles. The first-order valence-electron chi connectivity index (χ1n) is 6.21.